The lowest BCUT2D eigenvalue weighted by Crippen LogP contribution is -2.38. The van der Waals surface area contributed by atoms with Crippen LogP contribution >= 0.6 is 0 Å². The minimum atomic E-state index is -0.713. The van der Waals surface area contributed by atoms with Gasteiger partial charge in [-0.2, -0.15) is 10.2 Å². The number of hydrogen-bond acceptors (Lipinski definition) is 4. The van der Waals surface area contributed by atoms with Crippen LogP contribution in [0.3, 0.4) is 0 Å². The highest BCUT2D eigenvalue weighted by Gasteiger charge is 2.25. The van der Waals surface area contributed by atoms with Gasteiger partial charge < -0.3 is 5.32 Å². The van der Waals surface area contributed by atoms with Gasteiger partial charge in [0.05, 0.1) is 22.5 Å². The molecule has 7 heteroatoms. The van der Waals surface area contributed by atoms with Gasteiger partial charge in [0.2, 0.25) is 5.91 Å². The Morgan fingerprint density at radius 1 is 1.00 bits per heavy atom. The zero-order valence-corrected chi connectivity index (χ0v) is 19.7. The Balaban J connectivity index is 1.70. The Bertz CT molecular complexity index is 1380. The van der Waals surface area contributed by atoms with Gasteiger partial charge in [-0.05, 0) is 51.8 Å². The molecule has 0 saturated carbocycles. The average Bonchev–Trinajstić information content (AvgIpc) is 3.14. The molecule has 0 radical (unpaired) electrons. The van der Waals surface area contributed by atoms with Crippen LogP contribution in [0.15, 0.2) is 53.3 Å². The SMILES string of the molecule is CCC(C(=O)NCc1cccc(C)c1)n1nc(C)c2c(C)n(-c3ccc(C)cc3)nc2c1=O. The number of nitrogens with one attached hydrogen (secondary N) is 1. The van der Waals surface area contributed by atoms with E-state index in [4.69, 9.17) is 0 Å². The second-order valence-electron chi connectivity index (χ2n) is 8.52. The molecule has 0 spiro atoms. The number of nitrogens with zero attached hydrogens (tertiary/aromatic N) is 4. The summed E-state index contributed by atoms with van der Waals surface area (Å²) < 4.78 is 3.05. The smallest absolute Gasteiger partial charge is 0.295 e. The molecule has 7 nitrogen and oxygen atoms in total. The summed E-state index contributed by atoms with van der Waals surface area (Å²) in [6.45, 7) is 10.1. The molecule has 1 unspecified atom stereocenters. The Labute approximate surface area is 193 Å². The molecule has 0 aliphatic rings. The van der Waals surface area contributed by atoms with Crippen molar-refractivity contribution in [1.82, 2.24) is 24.9 Å². The van der Waals surface area contributed by atoms with Crippen LogP contribution in [-0.4, -0.2) is 25.5 Å². The number of fused-ring (bicyclic) bond motifs is 1. The Hall–Kier alpha value is -3.74. The van der Waals surface area contributed by atoms with Gasteiger partial charge in [0.1, 0.15) is 6.04 Å². The Morgan fingerprint density at radius 3 is 2.39 bits per heavy atom. The van der Waals surface area contributed by atoms with Crippen LogP contribution in [-0.2, 0) is 11.3 Å². The highest BCUT2D eigenvalue weighted by atomic mass is 16.2. The molecular formula is C26H29N5O2. The molecule has 1 amide bonds. The molecule has 1 atom stereocenters. The largest absolute Gasteiger partial charge is 0.350 e. The summed E-state index contributed by atoms with van der Waals surface area (Å²) in [6.07, 6.45) is 0.440. The molecular weight excluding hydrogens is 414 g/mol. The van der Waals surface area contributed by atoms with Crippen LogP contribution in [0, 0.1) is 27.7 Å². The minimum Gasteiger partial charge on any atom is -0.350 e. The molecule has 2 aromatic carbocycles. The number of rotatable bonds is 6. The first kappa shape index (κ1) is 22.5. The van der Waals surface area contributed by atoms with Crippen molar-refractivity contribution in [3.8, 4) is 5.69 Å². The zero-order valence-electron chi connectivity index (χ0n) is 19.7. The maximum atomic E-state index is 13.4. The maximum absolute atomic E-state index is 13.4. The summed E-state index contributed by atoms with van der Waals surface area (Å²) in [6, 6.07) is 15.2. The summed E-state index contributed by atoms with van der Waals surface area (Å²) in [5, 5.41) is 12.8. The van der Waals surface area contributed by atoms with Crippen molar-refractivity contribution >= 4 is 16.8 Å². The first-order valence-corrected chi connectivity index (χ1v) is 11.2. The summed E-state index contributed by atoms with van der Waals surface area (Å²) in [4.78, 5) is 26.4. The van der Waals surface area contributed by atoms with E-state index in [0.717, 1.165) is 33.5 Å². The van der Waals surface area contributed by atoms with Gasteiger partial charge >= 0.3 is 0 Å². The highest BCUT2D eigenvalue weighted by Crippen LogP contribution is 2.22. The normalized spacial score (nSPS) is 12.2. The van der Waals surface area contributed by atoms with E-state index >= 15 is 0 Å². The molecule has 170 valence electrons. The van der Waals surface area contributed by atoms with Gasteiger partial charge in [-0.15, -0.1) is 0 Å². The van der Waals surface area contributed by atoms with Gasteiger partial charge in [0, 0.05) is 6.54 Å². The predicted molar refractivity (Wildman–Crippen MR) is 130 cm³/mol. The third-order valence-corrected chi connectivity index (χ3v) is 5.96. The lowest BCUT2D eigenvalue weighted by molar-refractivity contribution is -0.125. The Kier molecular flexibility index (Phi) is 6.14. The minimum absolute atomic E-state index is 0.234. The molecule has 0 saturated heterocycles. The van der Waals surface area contributed by atoms with E-state index in [9.17, 15) is 9.59 Å². The molecule has 1 N–H and O–H groups in total. The Morgan fingerprint density at radius 2 is 1.73 bits per heavy atom. The molecule has 4 rings (SSSR count). The molecule has 0 aliphatic carbocycles. The van der Waals surface area contributed by atoms with Crippen LogP contribution in [0.25, 0.3) is 16.6 Å². The number of aromatic nitrogens is 4. The van der Waals surface area contributed by atoms with Crippen LogP contribution < -0.4 is 10.9 Å². The van der Waals surface area contributed by atoms with E-state index in [-0.39, 0.29) is 11.5 Å². The molecule has 0 fully saturated rings. The molecule has 0 bridgehead atoms. The second kappa shape index (κ2) is 9.02. The van der Waals surface area contributed by atoms with E-state index < -0.39 is 6.04 Å². The topological polar surface area (TPSA) is 81.8 Å². The summed E-state index contributed by atoms with van der Waals surface area (Å²) in [7, 11) is 0. The van der Waals surface area contributed by atoms with Gasteiger partial charge in [-0.3, -0.25) is 9.59 Å². The molecule has 2 heterocycles. The van der Waals surface area contributed by atoms with Crippen molar-refractivity contribution in [3.05, 3.63) is 87.0 Å². The second-order valence-corrected chi connectivity index (χ2v) is 8.52. The molecule has 4 aromatic rings. The van der Waals surface area contributed by atoms with Crippen LogP contribution in [0.2, 0.25) is 0 Å². The first-order chi connectivity index (χ1) is 15.8. The van der Waals surface area contributed by atoms with Gasteiger partial charge in [-0.25, -0.2) is 9.36 Å². The number of amides is 1. The van der Waals surface area contributed by atoms with Gasteiger partial charge in [0.25, 0.3) is 5.56 Å². The number of carbonyl (C=O) groups excluding carboxylic acids is 1. The van der Waals surface area contributed by atoms with Crippen molar-refractivity contribution in [2.45, 2.75) is 53.6 Å². The van der Waals surface area contributed by atoms with Gasteiger partial charge in [0.15, 0.2) is 5.52 Å². The fraction of sp³-hybridized carbons (Fsp3) is 0.308. The quantitative estimate of drug-likeness (QED) is 0.487. The third-order valence-electron chi connectivity index (χ3n) is 5.96. The van der Waals surface area contributed by atoms with Crippen molar-refractivity contribution in [2.75, 3.05) is 0 Å². The van der Waals surface area contributed by atoms with Crippen molar-refractivity contribution in [2.24, 2.45) is 0 Å². The average molecular weight is 444 g/mol. The first-order valence-electron chi connectivity index (χ1n) is 11.2. The highest BCUT2D eigenvalue weighted by molar-refractivity contribution is 5.84. The fourth-order valence-corrected chi connectivity index (χ4v) is 4.20. The van der Waals surface area contributed by atoms with Crippen molar-refractivity contribution in [3.63, 3.8) is 0 Å². The van der Waals surface area contributed by atoms with E-state index in [1.165, 1.54) is 4.68 Å². The predicted octanol–water partition coefficient (Wildman–Crippen LogP) is 4.08. The van der Waals surface area contributed by atoms with E-state index in [2.05, 4.69) is 15.5 Å². The van der Waals surface area contributed by atoms with E-state index in [1.54, 1.807) is 4.68 Å². The number of hydrogen-bond donors (Lipinski definition) is 1. The van der Waals surface area contributed by atoms with Crippen molar-refractivity contribution < 1.29 is 4.79 Å². The van der Waals surface area contributed by atoms with Crippen LogP contribution in [0.4, 0.5) is 0 Å². The van der Waals surface area contributed by atoms with Crippen LogP contribution in [0.1, 0.15) is 47.5 Å². The number of carbonyl (C=O) groups is 1. The monoisotopic (exact) mass is 443 g/mol. The van der Waals surface area contributed by atoms with Gasteiger partial charge in [-0.1, -0.05) is 54.4 Å². The third kappa shape index (κ3) is 4.31. The standard InChI is InChI=1S/C26H29N5O2/c1-6-22(25(32)27-15-20-9-7-8-17(3)14-20)31-26(33)24-23(18(4)28-31)19(5)30(29-24)21-12-10-16(2)11-13-21/h7-14,22H,6,15H2,1-5H3,(H,27,32). The number of benzene rings is 2. The molecule has 33 heavy (non-hydrogen) atoms. The summed E-state index contributed by atoms with van der Waals surface area (Å²) >= 11 is 0. The van der Waals surface area contributed by atoms with E-state index in [1.807, 2.05) is 83.1 Å². The lowest BCUT2D eigenvalue weighted by Gasteiger charge is -2.17. The fourth-order valence-electron chi connectivity index (χ4n) is 4.20. The van der Waals surface area contributed by atoms with Crippen LogP contribution in [0.5, 0.6) is 0 Å². The molecule has 0 aliphatic heterocycles. The summed E-state index contributed by atoms with van der Waals surface area (Å²) in [5.41, 5.74) is 5.65. The summed E-state index contributed by atoms with van der Waals surface area (Å²) in [5.74, 6) is -0.234. The lowest BCUT2D eigenvalue weighted by atomic mass is 10.1. The number of aryl methyl sites for hydroxylation is 4. The molecule has 2 aromatic heterocycles. The maximum Gasteiger partial charge on any atom is 0.295 e. The van der Waals surface area contributed by atoms with E-state index in [0.29, 0.717) is 24.2 Å². The van der Waals surface area contributed by atoms with Crippen molar-refractivity contribution in [1.29, 1.82) is 0 Å². The zero-order chi connectivity index (χ0) is 23.7.